The molecule has 16 heavy (non-hydrogen) atoms. The maximum absolute atomic E-state index is 12.2. The third-order valence-electron chi connectivity index (χ3n) is 2.20. The molecular formula is C11H13F2NO2. The number of hydrogen-bond donors (Lipinski definition) is 1. The monoisotopic (exact) mass is 229 g/mol. The van der Waals surface area contributed by atoms with Crippen molar-refractivity contribution in [2.24, 2.45) is 5.73 Å². The summed E-state index contributed by atoms with van der Waals surface area (Å²) < 4.78 is 28.9. The van der Waals surface area contributed by atoms with Crippen LogP contribution in [0.4, 0.5) is 8.78 Å². The van der Waals surface area contributed by atoms with Gasteiger partial charge in [0.15, 0.2) is 0 Å². The maximum atomic E-state index is 12.2. The highest BCUT2D eigenvalue weighted by molar-refractivity contribution is 5.91. The van der Waals surface area contributed by atoms with E-state index < -0.39 is 24.9 Å². The van der Waals surface area contributed by atoms with Gasteiger partial charge in [0, 0.05) is 12.5 Å². The molecule has 0 amide bonds. The van der Waals surface area contributed by atoms with Crippen LogP contribution >= 0.6 is 0 Å². The number of hydrogen-bond acceptors (Lipinski definition) is 3. The predicted molar refractivity (Wildman–Crippen MR) is 55.3 cm³/mol. The van der Waals surface area contributed by atoms with E-state index in [0.717, 1.165) is 0 Å². The summed E-state index contributed by atoms with van der Waals surface area (Å²) in [4.78, 5) is 11.4. The maximum Gasteiger partial charge on any atom is 0.338 e. The Morgan fingerprint density at radius 3 is 2.62 bits per heavy atom. The van der Waals surface area contributed by atoms with Crippen molar-refractivity contribution >= 4 is 5.97 Å². The number of carbonyl (C=O) groups excluding carboxylic acids is 1. The average Bonchev–Trinajstić information content (AvgIpc) is 2.27. The lowest BCUT2D eigenvalue weighted by atomic mass is 9.99. The molecule has 0 spiro atoms. The van der Waals surface area contributed by atoms with Crippen LogP contribution in [0.15, 0.2) is 24.3 Å². The second-order valence-electron chi connectivity index (χ2n) is 3.31. The molecule has 0 aliphatic rings. The molecule has 1 rings (SSSR count). The fraction of sp³-hybridized carbons (Fsp3) is 0.364. The van der Waals surface area contributed by atoms with Gasteiger partial charge in [-0.05, 0) is 11.6 Å². The third-order valence-corrected chi connectivity index (χ3v) is 2.20. The van der Waals surface area contributed by atoms with Crippen molar-refractivity contribution in [2.45, 2.75) is 18.9 Å². The first-order valence-corrected chi connectivity index (χ1v) is 4.77. The summed E-state index contributed by atoms with van der Waals surface area (Å²) in [7, 11) is 1.23. The zero-order chi connectivity index (χ0) is 12.1. The largest absolute Gasteiger partial charge is 0.465 e. The molecule has 1 atom stereocenters. The van der Waals surface area contributed by atoms with Crippen LogP contribution in [0.3, 0.4) is 0 Å². The lowest BCUT2D eigenvalue weighted by Gasteiger charge is -2.14. The van der Waals surface area contributed by atoms with E-state index in [2.05, 4.69) is 4.74 Å². The molecule has 1 aromatic rings. The summed E-state index contributed by atoms with van der Waals surface area (Å²) in [6, 6.07) is 5.47. The highest BCUT2D eigenvalue weighted by atomic mass is 19.3. The zero-order valence-corrected chi connectivity index (χ0v) is 8.82. The quantitative estimate of drug-likeness (QED) is 0.804. The molecule has 0 aromatic heterocycles. The van der Waals surface area contributed by atoms with E-state index in [1.165, 1.54) is 13.2 Å². The smallest absolute Gasteiger partial charge is 0.338 e. The summed E-state index contributed by atoms with van der Waals surface area (Å²) in [6.07, 6.45) is -2.98. The van der Waals surface area contributed by atoms with E-state index in [9.17, 15) is 13.6 Å². The lowest BCUT2D eigenvalue weighted by Crippen LogP contribution is -2.18. The minimum absolute atomic E-state index is 0.234. The van der Waals surface area contributed by atoms with Crippen LogP contribution in [0.25, 0.3) is 0 Å². The molecule has 2 N–H and O–H groups in total. The van der Waals surface area contributed by atoms with Crippen molar-refractivity contribution in [2.75, 3.05) is 7.11 Å². The second-order valence-corrected chi connectivity index (χ2v) is 3.31. The van der Waals surface area contributed by atoms with Gasteiger partial charge in [-0.25, -0.2) is 13.6 Å². The number of benzene rings is 1. The van der Waals surface area contributed by atoms with Crippen LogP contribution in [0, 0.1) is 0 Å². The molecule has 88 valence electrons. The first-order chi connectivity index (χ1) is 7.56. The van der Waals surface area contributed by atoms with Gasteiger partial charge in [-0.2, -0.15) is 0 Å². The molecule has 0 saturated carbocycles. The van der Waals surface area contributed by atoms with Gasteiger partial charge in [0.2, 0.25) is 6.43 Å². The first kappa shape index (κ1) is 12.6. The fourth-order valence-electron chi connectivity index (χ4n) is 1.44. The van der Waals surface area contributed by atoms with Crippen molar-refractivity contribution < 1.29 is 18.3 Å². The van der Waals surface area contributed by atoms with Gasteiger partial charge in [-0.15, -0.1) is 0 Å². The molecule has 0 unspecified atom stereocenters. The van der Waals surface area contributed by atoms with Gasteiger partial charge in [0.25, 0.3) is 0 Å². The average molecular weight is 229 g/mol. The number of carbonyl (C=O) groups is 1. The Balaban J connectivity index is 2.98. The number of halogens is 2. The topological polar surface area (TPSA) is 52.3 Å². The Hall–Kier alpha value is -1.49. The summed E-state index contributed by atoms with van der Waals surface area (Å²) in [5, 5.41) is 0. The van der Waals surface area contributed by atoms with Crippen molar-refractivity contribution in [1.82, 2.24) is 0 Å². The minimum atomic E-state index is -2.50. The highest BCUT2D eigenvalue weighted by Crippen LogP contribution is 2.22. The van der Waals surface area contributed by atoms with E-state index in [4.69, 9.17) is 5.73 Å². The number of esters is 1. The van der Waals surface area contributed by atoms with Gasteiger partial charge in [0.1, 0.15) is 0 Å². The van der Waals surface area contributed by atoms with E-state index in [0.29, 0.717) is 5.56 Å². The molecule has 0 heterocycles. The van der Waals surface area contributed by atoms with Crippen LogP contribution in [0.5, 0.6) is 0 Å². The van der Waals surface area contributed by atoms with Crippen molar-refractivity contribution in [1.29, 1.82) is 0 Å². The molecule has 1 aromatic carbocycles. The minimum Gasteiger partial charge on any atom is -0.465 e. The Kier molecular flexibility index (Phi) is 4.37. The standard InChI is InChI=1S/C11H13F2NO2/c1-16-11(15)8-5-3-2-4-7(8)9(14)6-10(12)13/h2-5,9-10H,6,14H2,1H3/t9-/m1/s1. The lowest BCUT2D eigenvalue weighted by molar-refractivity contribution is 0.0597. The third kappa shape index (κ3) is 3.00. The van der Waals surface area contributed by atoms with Crippen molar-refractivity contribution in [3.05, 3.63) is 35.4 Å². The van der Waals surface area contributed by atoms with E-state index >= 15 is 0 Å². The zero-order valence-electron chi connectivity index (χ0n) is 8.82. The van der Waals surface area contributed by atoms with Crippen molar-refractivity contribution in [3.8, 4) is 0 Å². The van der Waals surface area contributed by atoms with Gasteiger partial charge in [-0.1, -0.05) is 18.2 Å². The molecule has 0 aliphatic carbocycles. The normalized spacial score (nSPS) is 12.6. The SMILES string of the molecule is COC(=O)c1ccccc1[C@H](N)CC(F)F. The van der Waals surface area contributed by atoms with Gasteiger partial charge >= 0.3 is 5.97 Å². The van der Waals surface area contributed by atoms with Crippen LogP contribution in [0.1, 0.15) is 28.4 Å². The number of rotatable bonds is 4. The second kappa shape index (κ2) is 5.55. The van der Waals surface area contributed by atoms with E-state index in [1.54, 1.807) is 18.2 Å². The molecule has 0 saturated heterocycles. The summed E-state index contributed by atoms with van der Waals surface area (Å²) in [5.41, 5.74) is 6.22. The molecule has 0 fully saturated rings. The van der Waals surface area contributed by atoms with Crippen LogP contribution in [0.2, 0.25) is 0 Å². The fourth-order valence-corrected chi connectivity index (χ4v) is 1.44. The summed E-state index contributed by atoms with van der Waals surface area (Å²) in [5.74, 6) is -0.569. The molecule has 0 aliphatic heterocycles. The van der Waals surface area contributed by atoms with Gasteiger partial charge in [0.05, 0.1) is 12.7 Å². The number of nitrogens with two attached hydrogens (primary N) is 1. The summed E-state index contributed by atoms with van der Waals surface area (Å²) in [6.45, 7) is 0. The van der Waals surface area contributed by atoms with Gasteiger partial charge < -0.3 is 10.5 Å². The molecule has 3 nitrogen and oxygen atoms in total. The van der Waals surface area contributed by atoms with Crippen LogP contribution in [-0.4, -0.2) is 19.5 Å². The first-order valence-electron chi connectivity index (χ1n) is 4.77. The Bertz CT molecular complexity index is 369. The number of ether oxygens (including phenoxy) is 1. The number of alkyl halides is 2. The summed E-state index contributed by atoms with van der Waals surface area (Å²) >= 11 is 0. The van der Waals surface area contributed by atoms with Crippen LogP contribution in [-0.2, 0) is 4.74 Å². The molecular weight excluding hydrogens is 216 g/mol. The van der Waals surface area contributed by atoms with E-state index in [-0.39, 0.29) is 5.56 Å². The molecule has 5 heteroatoms. The Labute approximate surface area is 92.2 Å². The Morgan fingerprint density at radius 2 is 2.06 bits per heavy atom. The van der Waals surface area contributed by atoms with Gasteiger partial charge in [-0.3, -0.25) is 0 Å². The highest BCUT2D eigenvalue weighted by Gasteiger charge is 2.19. The van der Waals surface area contributed by atoms with Crippen molar-refractivity contribution in [3.63, 3.8) is 0 Å². The Morgan fingerprint density at radius 1 is 1.44 bits per heavy atom. The van der Waals surface area contributed by atoms with Crippen LogP contribution < -0.4 is 5.73 Å². The van der Waals surface area contributed by atoms with E-state index in [1.807, 2.05) is 0 Å². The number of methoxy groups -OCH3 is 1. The molecule has 0 radical (unpaired) electrons. The molecule has 0 bridgehead atoms. The predicted octanol–water partition coefficient (Wildman–Crippen LogP) is 2.13.